The van der Waals surface area contributed by atoms with E-state index in [-0.39, 0.29) is 5.91 Å². The number of carbonyl (C=O) groups excluding carboxylic acids is 1. The lowest BCUT2D eigenvalue weighted by molar-refractivity contribution is -0.116. The van der Waals surface area contributed by atoms with E-state index in [2.05, 4.69) is 25.3 Å². The Bertz CT molecular complexity index is 472. The normalized spacial score (nSPS) is 10.8. The van der Waals surface area contributed by atoms with Crippen LogP contribution in [0.5, 0.6) is 0 Å². The van der Waals surface area contributed by atoms with Crippen molar-refractivity contribution in [3.05, 3.63) is 42.5 Å². The minimum Gasteiger partial charge on any atom is -0.352 e. The molecule has 0 saturated heterocycles. The summed E-state index contributed by atoms with van der Waals surface area (Å²) in [6, 6.07) is 0. The van der Waals surface area contributed by atoms with Crippen molar-refractivity contribution in [3.63, 3.8) is 0 Å². The van der Waals surface area contributed by atoms with Crippen LogP contribution >= 0.6 is 0 Å². The van der Waals surface area contributed by atoms with Gasteiger partial charge in [-0.15, -0.1) is 0 Å². The van der Waals surface area contributed by atoms with Crippen LogP contribution in [0, 0.1) is 0 Å². The third kappa shape index (κ3) is 3.60. The quantitative estimate of drug-likeness (QED) is 0.655. The van der Waals surface area contributed by atoms with E-state index in [9.17, 15) is 4.79 Å². The molecule has 2 heterocycles. The van der Waals surface area contributed by atoms with Gasteiger partial charge >= 0.3 is 0 Å². The molecule has 0 bridgehead atoms. The maximum Gasteiger partial charge on any atom is 0.244 e. The van der Waals surface area contributed by atoms with Crippen LogP contribution in [0.15, 0.2) is 31.0 Å². The van der Waals surface area contributed by atoms with Crippen molar-refractivity contribution in [2.45, 2.75) is 6.42 Å². The summed E-state index contributed by atoms with van der Waals surface area (Å²) < 4.78 is 0. The van der Waals surface area contributed by atoms with E-state index in [4.69, 9.17) is 0 Å². The Hall–Kier alpha value is -2.37. The summed E-state index contributed by atoms with van der Waals surface area (Å²) in [5.41, 5.74) is 0.797. The van der Waals surface area contributed by atoms with Gasteiger partial charge in [-0.3, -0.25) is 4.79 Å². The third-order valence-electron chi connectivity index (χ3n) is 2.15. The zero-order valence-electron chi connectivity index (χ0n) is 9.18. The zero-order valence-corrected chi connectivity index (χ0v) is 9.18. The molecule has 3 N–H and O–H groups in total. The highest BCUT2D eigenvalue weighted by atomic mass is 16.1. The van der Waals surface area contributed by atoms with Crippen LogP contribution in [0.4, 0.5) is 0 Å². The number of rotatable bonds is 5. The molecule has 0 fully saturated rings. The first-order chi connectivity index (χ1) is 8.34. The first-order valence-corrected chi connectivity index (χ1v) is 5.27. The fraction of sp³-hybridized carbons (Fsp3) is 0.182. The van der Waals surface area contributed by atoms with Crippen molar-refractivity contribution in [3.8, 4) is 0 Å². The Morgan fingerprint density at radius 2 is 2.41 bits per heavy atom. The molecule has 0 unspecified atom stereocenters. The van der Waals surface area contributed by atoms with Crippen molar-refractivity contribution >= 4 is 12.0 Å². The highest BCUT2D eigenvalue weighted by Crippen LogP contribution is 1.93. The first kappa shape index (κ1) is 11.1. The molecule has 6 nitrogen and oxygen atoms in total. The second-order valence-electron chi connectivity index (χ2n) is 3.42. The third-order valence-corrected chi connectivity index (χ3v) is 2.15. The van der Waals surface area contributed by atoms with Gasteiger partial charge in [0.25, 0.3) is 0 Å². The van der Waals surface area contributed by atoms with Gasteiger partial charge in [0.2, 0.25) is 5.91 Å². The van der Waals surface area contributed by atoms with E-state index in [1.807, 2.05) is 0 Å². The van der Waals surface area contributed by atoms with Gasteiger partial charge in [-0.1, -0.05) is 0 Å². The van der Waals surface area contributed by atoms with Crippen molar-refractivity contribution in [2.24, 2.45) is 0 Å². The molecule has 6 heteroatoms. The Kier molecular flexibility index (Phi) is 3.69. The molecule has 2 aromatic rings. The molecule has 0 aliphatic carbocycles. The van der Waals surface area contributed by atoms with Gasteiger partial charge in [0.1, 0.15) is 5.82 Å². The molecule has 0 spiro atoms. The van der Waals surface area contributed by atoms with Gasteiger partial charge in [0, 0.05) is 31.4 Å². The number of hydrogen-bond acceptors (Lipinski definition) is 3. The van der Waals surface area contributed by atoms with Crippen LogP contribution in [0.3, 0.4) is 0 Å². The van der Waals surface area contributed by atoms with E-state index < -0.39 is 0 Å². The maximum atomic E-state index is 11.4. The second-order valence-corrected chi connectivity index (χ2v) is 3.42. The minimum atomic E-state index is -0.133. The topological polar surface area (TPSA) is 86.5 Å². The van der Waals surface area contributed by atoms with Gasteiger partial charge in [-0.05, 0) is 6.08 Å². The molecule has 0 atom stereocenters. The molecule has 0 saturated carbocycles. The summed E-state index contributed by atoms with van der Waals surface area (Å²) in [7, 11) is 0. The van der Waals surface area contributed by atoms with E-state index in [1.165, 1.54) is 6.08 Å². The number of H-pyrrole nitrogens is 2. The van der Waals surface area contributed by atoms with Crippen LogP contribution < -0.4 is 5.32 Å². The SMILES string of the molecule is O=C(/C=C/c1cnc[nH]1)NCCc1ncc[nH]1. The molecule has 88 valence electrons. The van der Waals surface area contributed by atoms with Crippen LogP contribution in [-0.2, 0) is 11.2 Å². The predicted octanol–water partition coefficient (Wildman–Crippen LogP) is 0.505. The maximum absolute atomic E-state index is 11.4. The number of aromatic amines is 2. The summed E-state index contributed by atoms with van der Waals surface area (Å²) in [6.45, 7) is 0.555. The van der Waals surface area contributed by atoms with E-state index in [0.717, 1.165) is 11.5 Å². The van der Waals surface area contributed by atoms with E-state index in [1.54, 1.807) is 31.0 Å². The number of carbonyl (C=O) groups is 1. The van der Waals surface area contributed by atoms with Gasteiger partial charge in [-0.25, -0.2) is 9.97 Å². The van der Waals surface area contributed by atoms with Gasteiger partial charge in [-0.2, -0.15) is 0 Å². The van der Waals surface area contributed by atoms with Gasteiger partial charge in [0.05, 0.1) is 18.2 Å². The number of aromatic nitrogens is 4. The largest absolute Gasteiger partial charge is 0.352 e. The highest BCUT2D eigenvalue weighted by Gasteiger charge is 1.97. The van der Waals surface area contributed by atoms with Gasteiger partial charge in [0.15, 0.2) is 0 Å². The molecular weight excluding hydrogens is 218 g/mol. The molecule has 0 aromatic carbocycles. The molecule has 0 aliphatic rings. The van der Waals surface area contributed by atoms with Crippen molar-refractivity contribution in [2.75, 3.05) is 6.54 Å². The lowest BCUT2D eigenvalue weighted by Crippen LogP contribution is -2.23. The summed E-state index contributed by atoms with van der Waals surface area (Å²) in [4.78, 5) is 25.2. The number of nitrogens with one attached hydrogen (secondary N) is 3. The monoisotopic (exact) mass is 231 g/mol. The van der Waals surface area contributed by atoms with Crippen molar-refractivity contribution in [1.82, 2.24) is 25.3 Å². The number of nitrogens with zero attached hydrogens (tertiary/aromatic N) is 2. The zero-order chi connectivity index (χ0) is 11.9. The summed E-state index contributed by atoms with van der Waals surface area (Å²) in [6.07, 6.45) is 10.5. The van der Waals surface area contributed by atoms with Crippen LogP contribution in [0.2, 0.25) is 0 Å². The predicted molar refractivity (Wildman–Crippen MR) is 62.9 cm³/mol. The second kappa shape index (κ2) is 5.64. The number of hydrogen-bond donors (Lipinski definition) is 3. The van der Waals surface area contributed by atoms with Crippen molar-refractivity contribution < 1.29 is 4.79 Å². The summed E-state index contributed by atoms with van der Waals surface area (Å²) in [5.74, 6) is 0.731. The highest BCUT2D eigenvalue weighted by molar-refractivity contribution is 5.91. The molecule has 1 amide bonds. The Morgan fingerprint density at radius 3 is 3.12 bits per heavy atom. The van der Waals surface area contributed by atoms with Crippen molar-refractivity contribution in [1.29, 1.82) is 0 Å². The first-order valence-electron chi connectivity index (χ1n) is 5.27. The molecule has 2 rings (SSSR count). The summed E-state index contributed by atoms with van der Waals surface area (Å²) >= 11 is 0. The standard InChI is InChI=1S/C11H13N5O/c17-11(2-1-9-7-12-8-16-9)15-4-3-10-13-5-6-14-10/h1-2,5-8H,3-4H2,(H,12,16)(H,13,14)(H,15,17)/b2-1+. The average molecular weight is 231 g/mol. The van der Waals surface area contributed by atoms with Crippen LogP contribution in [0.25, 0.3) is 6.08 Å². The van der Waals surface area contributed by atoms with Crippen LogP contribution in [0.1, 0.15) is 11.5 Å². The summed E-state index contributed by atoms with van der Waals surface area (Å²) in [5, 5.41) is 2.76. The lowest BCUT2D eigenvalue weighted by Gasteiger charge is -1.99. The van der Waals surface area contributed by atoms with E-state index >= 15 is 0 Å². The fourth-order valence-corrected chi connectivity index (χ4v) is 1.32. The number of amides is 1. The van der Waals surface area contributed by atoms with E-state index in [0.29, 0.717) is 13.0 Å². The fourth-order valence-electron chi connectivity index (χ4n) is 1.32. The molecule has 0 aliphatic heterocycles. The smallest absolute Gasteiger partial charge is 0.244 e. The minimum absolute atomic E-state index is 0.133. The Labute approximate surface area is 98.2 Å². The Balaban J connectivity index is 1.71. The van der Waals surface area contributed by atoms with Crippen LogP contribution in [-0.4, -0.2) is 32.4 Å². The van der Waals surface area contributed by atoms with Gasteiger partial charge < -0.3 is 15.3 Å². The number of imidazole rings is 2. The molecule has 0 radical (unpaired) electrons. The molecule has 2 aromatic heterocycles. The molecular formula is C11H13N5O. The lowest BCUT2D eigenvalue weighted by atomic mass is 10.3. The molecule has 17 heavy (non-hydrogen) atoms. The average Bonchev–Trinajstić information content (AvgIpc) is 2.99. The Morgan fingerprint density at radius 1 is 1.47 bits per heavy atom.